The maximum Gasteiger partial charge on any atom is 0.335 e. The Labute approximate surface area is 127 Å². The van der Waals surface area contributed by atoms with E-state index in [-0.39, 0.29) is 5.56 Å². The van der Waals surface area contributed by atoms with Crippen molar-refractivity contribution in [1.29, 1.82) is 5.26 Å². The molecule has 0 unspecified atom stereocenters. The minimum absolute atomic E-state index is 0.274. The Hall–Kier alpha value is -2.45. The van der Waals surface area contributed by atoms with Gasteiger partial charge in [0.2, 0.25) is 0 Å². The van der Waals surface area contributed by atoms with E-state index >= 15 is 0 Å². The normalized spacial score (nSPS) is 9.90. The number of aromatic carboxylic acids is 1. The van der Waals surface area contributed by atoms with E-state index in [1.165, 1.54) is 7.11 Å². The molecule has 21 heavy (non-hydrogen) atoms. The number of ether oxygens (including phenoxy) is 1. The van der Waals surface area contributed by atoms with Gasteiger partial charge in [-0.25, -0.2) is 4.79 Å². The van der Waals surface area contributed by atoms with Gasteiger partial charge < -0.3 is 9.84 Å². The summed E-state index contributed by atoms with van der Waals surface area (Å²) >= 11 is 1.58. The van der Waals surface area contributed by atoms with Crippen molar-refractivity contribution >= 4 is 17.7 Å². The molecule has 106 valence electrons. The lowest BCUT2D eigenvalue weighted by atomic mass is 10.1. The molecular formula is C16H13NO3S. The van der Waals surface area contributed by atoms with Gasteiger partial charge >= 0.3 is 5.97 Å². The fraction of sp³-hybridized carbons (Fsp3) is 0.125. The molecule has 0 aliphatic heterocycles. The number of methoxy groups -OCH3 is 1. The van der Waals surface area contributed by atoms with Crippen LogP contribution in [0.15, 0.2) is 47.4 Å². The molecule has 2 rings (SSSR count). The molecule has 0 bridgehead atoms. The molecule has 0 saturated heterocycles. The first kappa shape index (κ1) is 14.9. The van der Waals surface area contributed by atoms with Crippen LogP contribution in [0.5, 0.6) is 5.75 Å². The van der Waals surface area contributed by atoms with E-state index in [1.54, 1.807) is 48.2 Å². The maximum atomic E-state index is 10.8. The third kappa shape index (κ3) is 3.77. The first-order valence-electron chi connectivity index (χ1n) is 6.17. The van der Waals surface area contributed by atoms with E-state index in [9.17, 15) is 4.79 Å². The second kappa shape index (κ2) is 6.82. The fourth-order valence-electron chi connectivity index (χ4n) is 1.79. The van der Waals surface area contributed by atoms with E-state index in [4.69, 9.17) is 15.1 Å². The third-order valence-corrected chi connectivity index (χ3v) is 3.97. The first-order chi connectivity index (χ1) is 10.1. The summed E-state index contributed by atoms with van der Waals surface area (Å²) in [7, 11) is 1.54. The van der Waals surface area contributed by atoms with Crippen molar-refractivity contribution in [3.05, 3.63) is 59.2 Å². The van der Waals surface area contributed by atoms with E-state index in [0.29, 0.717) is 17.1 Å². The number of rotatable bonds is 5. The van der Waals surface area contributed by atoms with Crippen LogP contribution in [0.4, 0.5) is 0 Å². The number of nitriles is 1. The lowest BCUT2D eigenvalue weighted by Crippen LogP contribution is -1.94. The maximum absolute atomic E-state index is 10.8. The predicted molar refractivity (Wildman–Crippen MR) is 80.7 cm³/mol. The van der Waals surface area contributed by atoms with Crippen LogP contribution < -0.4 is 4.74 Å². The van der Waals surface area contributed by atoms with Gasteiger partial charge in [-0.05, 0) is 42.0 Å². The minimum Gasteiger partial charge on any atom is -0.495 e. The predicted octanol–water partition coefficient (Wildman–Crippen LogP) is 3.56. The van der Waals surface area contributed by atoms with Gasteiger partial charge in [-0.15, -0.1) is 11.8 Å². The molecule has 0 saturated carbocycles. The summed E-state index contributed by atoms with van der Waals surface area (Å²) < 4.78 is 5.10. The zero-order valence-corrected chi connectivity index (χ0v) is 12.2. The molecule has 2 aromatic carbocycles. The van der Waals surface area contributed by atoms with Gasteiger partial charge in [0.15, 0.2) is 0 Å². The Kier molecular flexibility index (Phi) is 4.85. The molecule has 0 amide bonds. The van der Waals surface area contributed by atoms with Gasteiger partial charge in [0, 0.05) is 10.6 Å². The van der Waals surface area contributed by atoms with Gasteiger partial charge in [-0.1, -0.05) is 6.07 Å². The van der Waals surface area contributed by atoms with Crippen molar-refractivity contribution in [3.63, 3.8) is 0 Å². The standard InChI is InChI=1S/C16H13NO3S/c1-20-15-7-2-11(8-13(15)9-17)10-21-14-5-3-12(4-6-14)16(18)19/h2-8H,10H2,1H3,(H,18,19). The van der Waals surface area contributed by atoms with Crippen LogP contribution in [0.1, 0.15) is 21.5 Å². The van der Waals surface area contributed by atoms with Gasteiger partial charge in [-0.2, -0.15) is 5.26 Å². The zero-order chi connectivity index (χ0) is 15.2. The number of hydrogen-bond donors (Lipinski definition) is 1. The van der Waals surface area contributed by atoms with Crippen molar-refractivity contribution in [2.75, 3.05) is 7.11 Å². The lowest BCUT2D eigenvalue weighted by molar-refractivity contribution is 0.0697. The average molecular weight is 299 g/mol. The molecule has 0 atom stereocenters. The van der Waals surface area contributed by atoms with Gasteiger partial charge in [-0.3, -0.25) is 0 Å². The quantitative estimate of drug-likeness (QED) is 0.855. The average Bonchev–Trinajstić information content (AvgIpc) is 2.52. The summed E-state index contributed by atoms with van der Waals surface area (Å²) in [5.74, 6) is 0.336. The van der Waals surface area contributed by atoms with Crippen LogP contribution in [-0.2, 0) is 5.75 Å². The number of hydrogen-bond acceptors (Lipinski definition) is 4. The summed E-state index contributed by atoms with van der Waals surface area (Å²) in [5.41, 5.74) is 1.80. The van der Waals surface area contributed by atoms with Crippen LogP contribution in [0.2, 0.25) is 0 Å². The molecule has 0 aromatic heterocycles. The van der Waals surface area contributed by atoms with Crippen molar-refractivity contribution in [3.8, 4) is 11.8 Å². The monoisotopic (exact) mass is 299 g/mol. The molecule has 2 aromatic rings. The Morgan fingerprint density at radius 2 is 2.00 bits per heavy atom. The van der Waals surface area contributed by atoms with Crippen molar-refractivity contribution in [2.24, 2.45) is 0 Å². The summed E-state index contributed by atoms with van der Waals surface area (Å²) in [5, 5.41) is 17.9. The molecule has 5 heteroatoms. The highest BCUT2D eigenvalue weighted by Crippen LogP contribution is 2.26. The fourth-order valence-corrected chi connectivity index (χ4v) is 2.63. The molecule has 1 N–H and O–H groups in total. The van der Waals surface area contributed by atoms with E-state index < -0.39 is 5.97 Å². The van der Waals surface area contributed by atoms with Gasteiger partial charge in [0.05, 0.1) is 18.2 Å². The van der Waals surface area contributed by atoms with Gasteiger partial charge in [0.25, 0.3) is 0 Å². The second-order valence-corrected chi connectivity index (χ2v) is 5.31. The lowest BCUT2D eigenvalue weighted by Gasteiger charge is -2.06. The molecular weight excluding hydrogens is 286 g/mol. The van der Waals surface area contributed by atoms with E-state index in [0.717, 1.165) is 10.5 Å². The van der Waals surface area contributed by atoms with Crippen LogP contribution in [-0.4, -0.2) is 18.2 Å². The third-order valence-electron chi connectivity index (χ3n) is 2.89. The van der Waals surface area contributed by atoms with Crippen molar-refractivity contribution < 1.29 is 14.6 Å². The SMILES string of the molecule is COc1ccc(CSc2ccc(C(=O)O)cc2)cc1C#N. The molecule has 0 spiro atoms. The van der Waals surface area contributed by atoms with Crippen LogP contribution in [0.25, 0.3) is 0 Å². The molecule has 4 nitrogen and oxygen atoms in total. The second-order valence-electron chi connectivity index (χ2n) is 4.26. The topological polar surface area (TPSA) is 70.3 Å². The number of nitrogens with zero attached hydrogens (tertiary/aromatic N) is 1. The number of carboxylic acids is 1. The number of carboxylic acid groups (broad SMARTS) is 1. The Balaban J connectivity index is 2.06. The Morgan fingerprint density at radius 3 is 2.57 bits per heavy atom. The van der Waals surface area contributed by atoms with Crippen LogP contribution in [0, 0.1) is 11.3 Å². The number of benzene rings is 2. The zero-order valence-electron chi connectivity index (χ0n) is 11.4. The number of carbonyl (C=O) groups is 1. The van der Waals surface area contributed by atoms with Crippen LogP contribution >= 0.6 is 11.8 Å². The highest BCUT2D eigenvalue weighted by atomic mass is 32.2. The molecule has 0 fully saturated rings. The van der Waals surface area contributed by atoms with Crippen molar-refractivity contribution in [2.45, 2.75) is 10.6 Å². The highest BCUT2D eigenvalue weighted by Gasteiger charge is 2.05. The van der Waals surface area contributed by atoms with Crippen molar-refractivity contribution in [1.82, 2.24) is 0 Å². The Morgan fingerprint density at radius 1 is 1.29 bits per heavy atom. The number of thioether (sulfide) groups is 1. The minimum atomic E-state index is -0.930. The largest absolute Gasteiger partial charge is 0.495 e. The van der Waals surface area contributed by atoms with Gasteiger partial charge in [0.1, 0.15) is 11.8 Å². The summed E-state index contributed by atoms with van der Waals surface area (Å²) in [6.45, 7) is 0. The smallest absolute Gasteiger partial charge is 0.335 e. The van der Waals surface area contributed by atoms with E-state index in [1.807, 2.05) is 6.07 Å². The summed E-state index contributed by atoms with van der Waals surface area (Å²) in [4.78, 5) is 11.8. The Bertz CT molecular complexity index is 690. The highest BCUT2D eigenvalue weighted by molar-refractivity contribution is 7.98. The molecule has 0 aliphatic rings. The summed E-state index contributed by atoms with van der Waals surface area (Å²) in [6.07, 6.45) is 0. The van der Waals surface area contributed by atoms with Crippen LogP contribution in [0.3, 0.4) is 0 Å². The summed E-state index contributed by atoms with van der Waals surface area (Å²) in [6, 6.07) is 14.3. The molecule has 0 aliphatic carbocycles. The molecule has 0 heterocycles. The molecule has 0 radical (unpaired) electrons. The first-order valence-corrected chi connectivity index (χ1v) is 7.16. The van der Waals surface area contributed by atoms with E-state index in [2.05, 4.69) is 6.07 Å².